The second-order valence-electron chi connectivity index (χ2n) is 2.74. The van der Waals surface area contributed by atoms with Gasteiger partial charge in [-0.1, -0.05) is 12.2 Å². The summed E-state index contributed by atoms with van der Waals surface area (Å²) in [5, 5.41) is 8.99. The summed E-state index contributed by atoms with van der Waals surface area (Å²) in [5.41, 5.74) is 0.635. The molecule has 0 heterocycles. The van der Waals surface area contributed by atoms with E-state index < -0.39 is 0 Å². The van der Waals surface area contributed by atoms with E-state index in [2.05, 4.69) is 0 Å². The Labute approximate surface area is 77.5 Å². The van der Waals surface area contributed by atoms with Crippen LogP contribution in [0.1, 0.15) is 23.7 Å². The Kier molecular flexibility index (Phi) is 3.26. The molecule has 0 aromatic heterocycles. The summed E-state index contributed by atoms with van der Waals surface area (Å²) in [6, 6.07) is 6.29. The lowest BCUT2D eigenvalue weighted by Crippen LogP contribution is -1.95. The van der Waals surface area contributed by atoms with Crippen LogP contribution < -0.4 is 0 Å². The lowest BCUT2D eigenvalue weighted by Gasteiger charge is -1.97. The molecular formula is C11H12O2. The van der Waals surface area contributed by atoms with Gasteiger partial charge in [-0.3, -0.25) is 4.79 Å². The first-order chi connectivity index (χ1) is 6.24. The van der Waals surface area contributed by atoms with E-state index in [0.29, 0.717) is 12.0 Å². The van der Waals surface area contributed by atoms with Crippen LogP contribution >= 0.6 is 0 Å². The van der Waals surface area contributed by atoms with Crippen LogP contribution in [0, 0.1) is 0 Å². The van der Waals surface area contributed by atoms with Crippen molar-refractivity contribution in [1.82, 2.24) is 0 Å². The summed E-state index contributed by atoms with van der Waals surface area (Å²) in [7, 11) is 0. The molecule has 1 aromatic rings. The van der Waals surface area contributed by atoms with Crippen molar-refractivity contribution < 1.29 is 9.90 Å². The van der Waals surface area contributed by atoms with Crippen molar-refractivity contribution in [2.24, 2.45) is 0 Å². The van der Waals surface area contributed by atoms with Gasteiger partial charge in [0.15, 0.2) is 5.78 Å². The van der Waals surface area contributed by atoms with Gasteiger partial charge in [0, 0.05) is 12.0 Å². The van der Waals surface area contributed by atoms with Crippen molar-refractivity contribution in [2.75, 3.05) is 0 Å². The molecule has 0 fully saturated rings. The van der Waals surface area contributed by atoms with Crippen LogP contribution in [0.25, 0.3) is 0 Å². The van der Waals surface area contributed by atoms with Crippen LogP contribution in [0.15, 0.2) is 36.4 Å². The summed E-state index contributed by atoms with van der Waals surface area (Å²) in [4.78, 5) is 11.4. The molecule has 2 nitrogen and oxygen atoms in total. The molecule has 1 N–H and O–H groups in total. The third kappa shape index (κ3) is 2.75. The number of rotatable bonds is 3. The fourth-order valence-corrected chi connectivity index (χ4v) is 0.990. The van der Waals surface area contributed by atoms with Gasteiger partial charge in [-0.15, -0.1) is 0 Å². The molecule has 0 aliphatic heterocycles. The number of ketones is 1. The van der Waals surface area contributed by atoms with Crippen molar-refractivity contribution >= 4 is 5.78 Å². The number of hydrogen-bond acceptors (Lipinski definition) is 2. The molecule has 0 saturated carbocycles. The average Bonchev–Trinajstić information content (AvgIpc) is 2.15. The van der Waals surface area contributed by atoms with Gasteiger partial charge in [0.1, 0.15) is 5.75 Å². The van der Waals surface area contributed by atoms with Gasteiger partial charge in [-0.25, -0.2) is 0 Å². The summed E-state index contributed by atoms with van der Waals surface area (Å²) in [6.45, 7) is 1.88. The number of allylic oxidation sites excluding steroid dienone is 2. The lowest BCUT2D eigenvalue weighted by atomic mass is 10.1. The van der Waals surface area contributed by atoms with E-state index in [1.54, 1.807) is 12.1 Å². The molecule has 0 aliphatic carbocycles. The molecule has 2 heteroatoms. The van der Waals surface area contributed by atoms with Crippen molar-refractivity contribution in [3.63, 3.8) is 0 Å². The molecule has 0 bridgehead atoms. The Bertz CT molecular complexity index is 309. The Morgan fingerprint density at radius 2 is 2.00 bits per heavy atom. The topological polar surface area (TPSA) is 37.3 Å². The highest BCUT2D eigenvalue weighted by Gasteiger charge is 2.02. The number of phenols is 1. The number of aromatic hydroxyl groups is 1. The van der Waals surface area contributed by atoms with E-state index in [4.69, 9.17) is 5.11 Å². The molecule has 0 saturated heterocycles. The van der Waals surface area contributed by atoms with Crippen LogP contribution in [0.5, 0.6) is 5.75 Å². The minimum Gasteiger partial charge on any atom is -0.508 e. The monoisotopic (exact) mass is 176 g/mol. The van der Waals surface area contributed by atoms with E-state index in [-0.39, 0.29) is 11.5 Å². The summed E-state index contributed by atoms with van der Waals surface area (Å²) < 4.78 is 0. The highest BCUT2D eigenvalue weighted by atomic mass is 16.3. The lowest BCUT2D eigenvalue weighted by molar-refractivity contribution is 0.0996. The van der Waals surface area contributed by atoms with Crippen molar-refractivity contribution in [3.8, 4) is 5.75 Å². The van der Waals surface area contributed by atoms with E-state index in [9.17, 15) is 4.79 Å². The Hall–Kier alpha value is -1.57. The van der Waals surface area contributed by atoms with Gasteiger partial charge in [0.25, 0.3) is 0 Å². The first-order valence-electron chi connectivity index (χ1n) is 4.17. The van der Waals surface area contributed by atoms with Crippen LogP contribution in [0.4, 0.5) is 0 Å². The maximum Gasteiger partial charge on any atom is 0.166 e. The zero-order valence-corrected chi connectivity index (χ0v) is 7.53. The van der Waals surface area contributed by atoms with Crippen molar-refractivity contribution in [3.05, 3.63) is 42.0 Å². The molecule has 68 valence electrons. The quantitative estimate of drug-likeness (QED) is 0.567. The summed E-state index contributed by atoms with van der Waals surface area (Å²) in [6.07, 6.45) is 4.08. The molecule has 0 atom stereocenters. The molecule has 0 radical (unpaired) electrons. The number of Topliss-reactive ketones (excluding diaryl/α,β-unsaturated/α-hetero) is 1. The zero-order valence-electron chi connectivity index (χ0n) is 7.53. The van der Waals surface area contributed by atoms with Crippen LogP contribution in [0.2, 0.25) is 0 Å². The minimum absolute atomic E-state index is 0.0677. The highest BCUT2D eigenvalue weighted by molar-refractivity contribution is 5.97. The van der Waals surface area contributed by atoms with Crippen LogP contribution in [-0.4, -0.2) is 10.9 Å². The Balaban J connectivity index is 2.72. The standard InChI is InChI=1S/C11H12O2/c1-2-3-4-11(13)9-5-7-10(12)8-6-9/h2-3,5-8,12H,4H2,1H3. The molecule has 1 aromatic carbocycles. The summed E-state index contributed by atoms with van der Waals surface area (Å²) in [5.74, 6) is 0.251. The smallest absolute Gasteiger partial charge is 0.166 e. The van der Waals surface area contributed by atoms with Gasteiger partial charge in [0.2, 0.25) is 0 Å². The molecule has 0 amide bonds. The molecule has 13 heavy (non-hydrogen) atoms. The maximum absolute atomic E-state index is 11.4. The zero-order chi connectivity index (χ0) is 9.68. The predicted molar refractivity (Wildman–Crippen MR) is 51.9 cm³/mol. The number of carbonyl (C=O) groups excluding carboxylic acids is 1. The van der Waals surface area contributed by atoms with Crippen molar-refractivity contribution in [2.45, 2.75) is 13.3 Å². The van der Waals surface area contributed by atoms with Gasteiger partial charge in [-0.05, 0) is 31.2 Å². The molecule has 0 unspecified atom stereocenters. The maximum atomic E-state index is 11.4. The van der Waals surface area contributed by atoms with E-state index in [0.717, 1.165) is 0 Å². The predicted octanol–water partition coefficient (Wildman–Crippen LogP) is 2.54. The molecule has 1 rings (SSSR count). The minimum atomic E-state index is 0.0677. The second kappa shape index (κ2) is 4.45. The van der Waals surface area contributed by atoms with Crippen LogP contribution in [-0.2, 0) is 0 Å². The average molecular weight is 176 g/mol. The summed E-state index contributed by atoms with van der Waals surface area (Å²) >= 11 is 0. The Morgan fingerprint density at radius 3 is 2.54 bits per heavy atom. The van der Waals surface area contributed by atoms with Gasteiger partial charge in [-0.2, -0.15) is 0 Å². The molecule has 0 aliphatic rings. The fourth-order valence-electron chi connectivity index (χ4n) is 0.990. The molecule has 0 spiro atoms. The normalized spacial score (nSPS) is 10.5. The highest BCUT2D eigenvalue weighted by Crippen LogP contribution is 2.11. The third-order valence-corrected chi connectivity index (χ3v) is 1.73. The van der Waals surface area contributed by atoms with Crippen LogP contribution in [0.3, 0.4) is 0 Å². The van der Waals surface area contributed by atoms with E-state index in [1.807, 2.05) is 19.1 Å². The number of hydrogen-bond donors (Lipinski definition) is 1. The first-order valence-corrected chi connectivity index (χ1v) is 4.17. The van der Waals surface area contributed by atoms with Gasteiger partial charge < -0.3 is 5.11 Å². The van der Waals surface area contributed by atoms with Gasteiger partial charge >= 0.3 is 0 Å². The van der Waals surface area contributed by atoms with E-state index in [1.165, 1.54) is 12.1 Å². The number of phenolic OH excluding ortho intramolecular Hbond substituents is 1. The molecular weight excluding hydrogens is 164 g/mol. The van der Waals surface area contributed by atoms with Gasteiger partial charge in [0.05, 0.1) is 0 Å². The second-order valence-corrected chi connectivity index (χ2v) is 2.74. The first kappa shape index (κ1) is 9.52. The fraction of sp³-hybridized carbons (Fsp3) is 0.182. The number of benzene rings is 1. The van der Waals surface area contributed by atoms with Crippen molar-refractivity contribution in [1.29, 1.82) is 0 Å². The SMILES string of the molecule is CC=CCC(=O)c1ccc(O)cc1. The largest absolute Gasteiger partial charge is 0.508 e. The Morgan fingerprint density at radius 1 is 1.38 bits per heavy atom. The van der Waals surface area contributed by atoms with E-state index >= 15 is 0 Å². The third-order valence-electron chi connectivity index (χ3n) is 1.73. The number of carbonyl (C=O) groups is 1.